The molecule has 0 aliphatic heterocycles. The maximum atomic E-state index is 11.1. The Balaban J connectivity index is 1.53. The molecule has 4 aliphatic carbocycles. The van der Waals surface area contributed by atoms with Gasteiger partial charge in [0.05, 0.1) is 30.0 Å². The molecule has 0 spiro atoms. The average Bonchev–Trinajstić information content (AvgIpc) is 3.16. The highest BCUT2D eigenvalue weighted by Crippen LogP contribution is 2.64. The van der Waals surface area contributed by atoms with Crippen molar-refractivity contribution >= 4 is 0 Å². The first-order valence-electron chi connectivity index (χ1n) is 13.4. The van der Waals surface area contributed by atoms with Crippen molar-refractivity contribution in [1.29, 1.82) is 0 Å². The molecule has 0 saturated heterocycles. The van der Waals surface area contributed by atoms with Gasteiger partial charge in [-0.1, -0.05) is 69.2 Å². The monoisotopic (exact) mass is 470 g/mol. The lowest BCUT2D eigenvalue weighted by Crippen LogP contribution is -2.52. The van der Waals surface area contributed by atoms with Crippen LogP contribution in [0.4, 0.5) is 0 Å². The highest BCUT2D eigenvalue weighted by Gasteiger charge is 2.58. The minimum absolute atomic E-state index is 0.0456. The second-order valence-corrected chi connectivity index (χ2v) is 12.2. The van der Waals surface area contributed by atoms with E-state index < -0.39 is 17.8 Å². The fourth-order valence-corrected chi connectivity index (χ4v) is 7.66. The SMILES string of the molecule is CCC(O)(C=CCOC(C)(C)C1=CC[C@H]2C3=CC=C4C[C@@H](O)C[C@H](O)[C@]4(C)[C@H]3CC[C@]12C)CC. The summed E-state index contributed by atoms with van der Waals surface area (Å²) in [5.41, 5.74) is 2.74. The maximum Gasteiger partial charge on any atom is 0.0845 e. The zero-order valence-corrected chi connectivity index (χ0v) is 22.1. The van der Waals surface area contributed by atoms with Gasteiger partial charge in [-0.2, -0.15) is 0 Å². The van der Waals surface area contributed by atoms with Crippen LogP contribution in [0.25, 0.3) is 0 Å². The lowest BCUT2D eigenvalue weighted by Gasteiger charge is -2.56. The highest BCUT2D eigenvalue weighted by molar-refractivity contribution is 5.44. The van der Waals surface area contributed by atoms with Crippen molar-refractivity contribution in [1.82, 2.24) is 0 Å². The molecule has 34 heavy (non-hydrogen) atoms. The fraction of sp³-hybridized carbons (Fsp3) is 0.733. The van der Waals surface area contributed by atoms with E-state index in [4.69, 9.17) is 4.74 Å². The van der Waals surface area contributed by atoms with Gasteiger partial charge in [-0.15, -0.1) is 0 Å². The van der Waals surface area contributed by atoms with Gasteiger partial charge in [0.2, 0.25) is 0 Å². The Kier molecular flexibility index (Phi) is 6.87. The quantitative estimate of drug-likeness (QED) is 0.421. The third kappa shape index (κ3) is 4.09. The highest BCUT2D eigenvalue weighted by atomic mass is 16.5. The molecule has 4 aliphatic rings. The fourth-order valence-electron chi connectivity index (χ4n) is 7.66. The number of rotatable bonds is 7. The smallest absolute Gasteiger partial charge is 0.0845 e. The van der Waals surface area contributed by atoms with Crippen LogP contribution in [0.1, 0.15) is 86.5 Å². The van der Waals surface area contributed by atoms with Gasteiger partial charge in [0, 0.05) is 11.8 Å². The molecule has 4 nitrogen and oxygen atoms in total. The van der Waals surface area contributed by atoms with Crippen molar-refractivity contribution in [2.75, 3.05) is 6.61 Å². The van der Waals surface area contributed by atoms with Crippen LogP contribution in [0.15, 0.2) is 47.1 Å². The molecule has 2 saturated carbocycles. The molecule has 0 aromatic carbocycles. The van der Waals surface area contributed by atoms with Crippen LogP contribution in [0, 0.1) is 22.7 Å². The van der Waals surface area contributed by atoms with Crippen molar-refractivity contribution in [2.45, 2.75) is 110 Å². The van der Waals surface area contributed by atoms with Gasteiger partial charge in [0.15, 0.2) is 0 Å². The Bertz CT molecular complexity index is 905. The van der Waals surface area contributed by atoms with Gasteiger partial charge in [0.1, 0.15) is 0 Å². The van der Waals surface area contributed by atoms with E-state index in [1.807, 2.05) is 26.0 Å². The molecule has 6 atom stereocenters. The van der Waals surface area contributed by atoms with Gasteiger partial charge in [-0.25, -0.2) is 0 Å². The molecule has 3 N–H and O–H groups in total. The van der Waals surface area contributed by atoms with E-state index in [9.17, 15) is 15.3 Å². The lowest BCUT2D eigenvalue weighted by atomic mass is 9.49. The molecule has 4 heteroatoms. The van der Waals surface area contributed by atoms with E-state index in [1.54, 1.807) is 0 Å². The lowest BCUT2D eigenvalue weighted by molar-refractivity contribution is -0.0523. The largest absolute Gasteiger partial charge is 0.393 e. The van der Waals surface area contributed by atoms with Crippen molar-refractivity contribution in [3.05, 3.63) is 47.1 Å². The summed E-state index contributed by atoms with van der Waals surface area (Å²) in [6.45, 7) is 13.5. The second kappa shape index (κ2) is 9.03. The zero-order chi connectivity index (χ0) is 24.9. The first-order chi connectivity index (χ1) is 15.9. The molecule has 4 rings (SSSR count). The van der Waals surface area contributed by atoms with Crippen molar-refractivity contribution in [3.8, 4) is 0 Å². The minimum atomic E-state index is -0.745. The number of aliphatic hydroxyl groups excluding tert-OH is 2. The summed E-state index contributed by atoms with van der Waals surface area (Å²) < 4.78 is 6.42. The normalized spacial score (nSPS) is 38.1. The van der Waals surface area contributed by atoms with Crippen molar-refractivity contribution in [3.63, 3.8) is 0 Å². The molecule has 0 bridgehead atoms. The summed E-state index contributed by atoms with van der Waals surface area (Å²) >= 11 is 0. The summed E-state index contributed by atoms with van der Waals surface area (Å²) in [6, 6.07) is 0. The van der Waals surface area contributed by atoms with E-state index >= 15 is 0 Å². The van der Waals surface area contributed by atoms with E-state index in [0.717, 1.165) is 19.3 Å². The van der Waals surface area contributed by atoms with E-state index in [2.05, 4.69) is 45.9 Å². The van der Waals surface area contributed by atoms with Gasteiger partial charge in [0.25, 0.3) is 0 Å². The molecule has 0 radical (unpaired) electrons. The number of fused-ring (bicyclic) bond motifs is 5. The Hall–Kier alpha value is -1.20. The van der Waals surface area contributed by atoms with Gasteiger partial charge in [-0.3, -0.25) is 0 Å². The van der Waals surface area contributed by atoms with Gasteiger partial charge in [-0.05, 0) is 75.2 Å². The van der Waals surface area contributed by atoms with Gasteiger partial charge < -0.3 is 20.1 Å². The molecule has 0 aromatic rings. The summed E-state index contributed by atoms with van der Waals surface area (Å²) in [5, 5.41) is 31.8. The van der Waals surface area contributed by atoms with E-state index in [-0.39, 0.29) is 16.4 Å². The number of allylic oxidation sites excluding steroid dienone is 4. The second-order valence-electron chi connectivity index (χ2n) is 12.2. The predicted molar refractivity (Wildman–Crippen MR) is 137 cm³/mol. The number of hydrogen-bond donors (Lipinski definition) is 3. The standard InChI is InChI=1S/C30H46O4/c1-7-30(33,8-2)15-9-17-34-27(3,4)25-13-12-23-22-11-10-20-18-21(31)19-26(32)29(20,6)24(22)14-16-28(23,25)5/h9-11,13,15,21,23-24,26,31-33H,7-8,12,14,16-19H2,1-6H3/t21-,23+,24+,26+,28+,29+/m1/s1. The molecular formula is C30H46O4. The summed E-state index contributed by atoms with van der Waals surface area (Å²) in [4.78, 5) is 0. The molecule has 2 fully saturated rings. The molecule has 0 unspecified atom stereocenters. The van der Waals surface area contributed by atoms with Crippen LogP contribution in [-0.2, 0) is 4.74 Å². The van der Waals surface area contributed by atoms with Crippen LogP contribution in [0.3, 0.4) is 0 Å². The number of aliphatic hydroxyl groups is 3. The van der Waals surface area contributed by atoms with Crippen LogP contribution >= 0.6 is 0 Å². The number of hydrogen-bond acceptors (Lipinski definition) is 4. The third-order valence-electron chi connectivity index (χ3n) is 10.1. The Morgan fingerprint density at radius 1 is 1.12 bits per heavy atom. The van der Waals surface area contributed by atoms with Crippen LogP contribution in [0.2, 0.25) is 0 Å². The minimum Gasteiger partial charge on any atom is -0.393 e. The first kappa shape index (κ1) is 25.9. The van der Waals surface area contributed by atoms with Crippen LogP contribution in [0.5, 0.6) is 0 Å². The Morgan fingerprint density at radius 3 is 2.50 bits per heavy atom. The Morgan fingerprint density at radius 2 is 1.82 bits per heavy atom. The van der Waals surface area contributed by atoms with Crippen molar-refractivity contribution in [2.24, 2.45) is 22.7 Å². The summed E-state index contributed by atoms with van der Waals surface area (Å²) in [7, 11) is 0. The van der Waals surface area contributed by atoms with Crippen LogP contribution in [-0.4, -0.2) is 45.3 Å². The van der Waals surface area contributed by atoms with Crippen LogP contribution < -0.4 is 0 Å². The van der Waals surface area contributed by atoms with Gasteiger partial charge >= 0.3 is 0 Å². The summed E-state index contributed by atoms with van der Waals surface area (Å²) in [5.74, 6) is 0.771. The predicted octanol–water partition coefficient (Wildman–Crippen LogP) is 5.64. The number of ether oxygens (including phenoxy) is 1. The van der Waals surface area contributed by atoms with E-state index in [0.29, 0.717) is 44.1 Å². The molecular weight excluding hydrogens is 424 g/mol. The topological polar surface area (TPSA) is 69.9 Å². The maximum absolute atomic E-state index is 11.1. The van der Waals surface area contributed by atoms with E-state index in [1.165, 1.54) is 16.7 Å². The Labute approximate surface area is 206 Å². The first-order valence-corrected chi connectivity index (χ1v) is 13.4. The molecule has 0 amide bonds. The van der Waals surface area contributed by atoms with Crippen molar-refractivity contribution < 1.29 is 20.1 Å². The summed E-state index contributed by atoms with van der Waals surface area (Å²) in [6.07, 6.45) is 15.6. The zero-order valence-electron chi connectivity index (χ0n) is 22.1. The molecule has 0 heterocycles. The molecule has 190 valence electrons. The average molecular weight is 471 g/mol. The third-order valence-corrected chi connectivity index (χ3v) is 10.1. The molecule has 0 aromatic heterocycles.